The quantitative estimate of drug-likeness (QED) is 0.499. The fraction of sp³-hybridized carbons (Fsp3) is 0.267. The van der Waals surface area contributed by atoms with Gasteiger partial charge in [-0.05, 0) is 43.2 Å². The van der Waals surface area contributed by atoms with Crippen LogP contribution in [-0.4, -0.2) is 10.7 Å². The molecule has 0 aliphatic heterocycles. The molecule has 1 unspecified atom stereocenters. The van der Waals surface area contributed by atoms with Gasteiger partial charge in [-0.3, -0.25) is 16.3 Å². The molecule has 19 heavy (non-hydrogen) atoms. The van der Waals surface area contributed by atoms with Gasteiger partial charge in [-0.2, -0.15) is 0 Å². The molecule has 4 heteroatoms. The van der Waals surface area contributed by atoms with Gasteiger partial charge in [-0.25, -0.2) is 0 Å². The van der Waals surface area contributed by atoms with Crippen LogP contribution in [0, 0.1) is 13.8 Å². The Morgan fingerprint density at radius 1 is 1.32 bits per heavy atom. The molecule has 0 amide bonds. The van der Waals surface area contributed by atoms with E-state index in [4.69, 9.17) is 5.84 Å². The maximum Gasteiger partial charge on any atom is 0.0571 e. The summed E-state index contributed by atoms with van der Waals surface area (Å²) in [5.74, 6) is 6.56. The minimum Gasteiger partial charge on any atom is -0.271 e. The third-order valence-electron chi connectivity index (χ3n) is 3.06. The molecular formula is C15H19N3S. The third kappa shape index (κ3) is 3.80. The van der Waals surface area contributed by atoms with Crippen molar-refractivity contribution in [1.82, 2.24) is 10.4 Å². The largest absolute Gasteiger partial charge is 0.271 e. The van der Waals surface area contributed by atoms with Gasteiger partial charge < -0.3 is 0 Å². The minimum atomic E-state index is 0.110. The highest BCUT2D eigenvalue weighted by Crippen LogP contribution is 2.26. The van der Waals surface area contributed by atoms with Crippen LogP contribution in [-0.2, 0) is 0 Å². The van der Waals surface area contributed by atoms with Crippen LogP contribution in [0.2, 0.25) is 0 Å². The van der Waals surface area contributed by atoms with Crippen molar-refractivity contribution in [2.24, 2.45) is 5.84 Å². The fourth-order valence-electron chi connectivity index (χ4n) is 1.95. The zero-order valence-corrected chi connectivity index (χ0v) is 12.1. The first-order valence-electron chi connectivity index (χ1n) is 6.27. The predicted molar refractivity (Wildman–Crippen MR) is 80.9 cm³/mol. The smallest absolute Gasteiger partial charge is 0.0571 e. The van der Waals surface area contributed by atoms with Gasteiger partial charge in [-0.1, -0.05) is 17.7 Å². The molecule has 3 nitrogen and oxygen atoms in total. The van der Waals surface area contributed by atoms with Gasteiger partial charge in [0.1, 0.15) is 0 Å². The van der Waals surface area contributed by atoms with Crippen molar-refractivity contribution in [3.05, 3.63) is 59.4 Å². The molecule has 100 valence electrons. The Morgan fingerprint density at radius 2 is 2.16 bits per heavy atom. The number of thioether (sulfide) groups is 1. The number of hydrazine groups is 1. The van der Waals surface area contributed by atoms with E-state index in [-0.39, 0.29) is 6.04 Å². The van der Waals surface area contributed by atoms with E-state index in [0.717, 1.165) is 11.3 Å². The van der Waals surface area contributed by atoms with E-state index in [1.54, 1.807) is 18.0 Å². The van der Waals surface area contributed by atoms with Crippen LogP contribution >= 0.6 is 11.8 Å². The summed E-state index contributed by atoms with van der Waals surface area (Å²) in [4.78, 5) is 5.44. The van der Waals surface area contributed by atoms with E-state index in [0.29, 0.717) is 0 Å². The highest BCUT2D eigenvalue weighted by atomic mass is 32.2. The van der Waals surface area contributed by atoms with Crippen molar-refractivity contribution in [3.8, 4) is 0 Å². The second-order valence-electron chi connectivity index (χ2n) is 4.58. The number of nitrogens with zero attached hydrogens (tertiary/aromatic N) is 1. The van der Waals surface area contributed by atoms with Crippen LogP contribution in [0.1, 0.15) is 22.7 Å². The Bertz CT molecular complexity index is 542. The summed E-state index contributed by atoms with van der Waals surface area (Å²) in [5.41, 5.74) is 6.53. The highest BCUT2D eigenvalue weighted by molar-refractivity contribution is 7.99. The van der Waals surface area contributed by atoms with Crippen molar-refractivity contribution in [1.29, 1.82) is 0 Å². The molecule has 0 saturated heterocycles. The Balaban J connectivity index is 2.06. The van der Waals surface area contributed by atoms with E-state index >= 15 is 0 Å². The predicted octanol–water partition coefficient (Wildman–Crippen LogP) is 3.00. The molecule has 1 heterocycles. The molecule has 0 radical (unpaired) electrons. The molecule has 1 aromatic heterocycles. The number of aryl methyl sites for hydroxylation is 2. The topological polar surface area (TPSA) is 50.9 Å². The lowest BCUT2D eigenvalue weighted by Gasteiger charge is -2.17. The zero-order valence-electron chi connectivity index (χ0n) is 11.3. The second-order valence-corrected chi connectivity index (χ2v) is 5.67. The van der Waals surface area contributed by atoms with Crippen LogP contribution in [0.5, 0.6) is 0 Å². The van der Waals surface area contributed by atoms with Crippen molar-refractivity contribution in [2.75, 3.05) is 5.75 Å². The van der Waals surface area contributed by atoms with Crippen molar-refractivity contribution in [2.45, 2.75) is 24.8 Å². The normalized spacial score (nSPS) is 12.4. The number of rotatable bonds is 5. The summed E-state index contributed by atoms with van der Waals surface area (Å²) in [5, 5.41) is 0. The molecule has 2 rings (SSSR count). The van der Waals surface area contributed by atoms with Gasteiger partial charge in [0.2, 0.25) is 0 Å². The number of nitrogens with two attached hydrogens (primary N) is 1. The first kappa shape index (κ1) is 14.1. The maximum atomic E-state index is 5.68. The Labute approximate surface area is 118 Å². The molecule has 0 spiro atoms. The standard InChI is InChI=1S/C15H19N3S/c1-11-4-3-5-13(8-11)19-10-15(18-16)14-9-17-7-6-12(14)2/h3-9,15,18H,10,16H2,1-2H3. The molecule has 0 aliphatic rings. The number of hydrogen-bond donors (Lipinski definition) is 2. The van der Waals surface area contributed by atoms with Gasteiger partial charge in [0, 0.05) is 23.0 Å². The third-order valence-corrected chi connectivity index (χ3v) is 4.15. The van der Waals surface area contributed by atoms with Crippen molar-refractivity contribution < 1.29 is 0 Å². The van der Waals surface area contributed by atoms with E-state index in [1.807, 2.05) is 12.3 Å². The van der Waals surface area contributed by atoms with E-state index in [9.17, 15) is 0 Å². The molecule has 1 atom stereocenters. The molecular weight excluding hydrogens is 254 g/mol. The SMILES string of the molecule is Cc1cccc(SCC(NN)c2cnccc2C)c1. The summed E-state index contributed by atoms with van der Waals surface area (Å²) in [6.45, 7) is 4.19. The average Bonchev–Trinajstić information content (AvgIpc) is 2.41. The van der Waals surface area contributed by atoms with Gasteiger partial charge in [0.05, 0.1) is 6.04 Å². The molecule has 2 aromatic rings. The lowest BCUT2D eigenvalue weighted by molar-refractivity contribution is 0.605. The van der Waals surface area contributed by atoms with E-state index < -0.39 is 0 Å². The summed E-state index contributed by atoms with van der Waals surface area (Å²) >= 11 is 1.80. The molecule has 1 aromatic carbocycles. The monoisotopic (exact) mass is 273 g/mol. The van der Waals surface area contributed by atoms with Crippen LogP contribution in [0.3, 0.4) is 0 Å². The number of benzene rings is 1. The Kier molecular flexibility index (Phi) is 4.96. The first-order chi connectivity index (χ1) is 9.20. The van der Waals surface area contributed by atoms with Crippen LogP contribution in [0.4, 0.5) is 0 Å². The molecule has 0 aliphatic carbocycles. The maximum absolute atomic E-state index is 5.68. The van der Waals surface area contributed by atoms with Gasteiger partial charge in [0.25, 0.3) is 0 Å². The van der Waals surface area contributed by atoms with Gasteiger partial charge in [0.15, 0.2) is 0 Å². The van der Waals surface area contributed by atoms with E-state index in [2.05, 4.69) is 48.5 Å². The van der Waals surface area contributed by atoms with E-state index in [1.165, 1.54) is 16.0 Å². The summed E-state index contributed by atoms with van der Waals surface area (Å²) in [6, 6.07) is 10.6. The van der Waals surface area contributed by atoms with Crippen molar-refractivity contribution in [3.63, 3.8) is 0 Å². The van der Waals surface area contributed by atoms with Crippen molar-refractivity contribution >= 4 is 11.8 Å². The Morgan fingerprint density at radius 3 is 2.84 bits per heavy atom. The average molecular weight is 273 g/mol. The first-order valence-corrected chi connectivity index (χ1v) is 7.25. The minimum absolute atomic E-state index is 0.110. The van der Waals surface area contributed by atoms with Crippen LogP contribution in [0.15, 0.2) is 47.6 Å². The number of hydrogen-bond acceptors (Lipinski definition) is 4. The van der Waals surface area contributed by atoms with Crippen LogP contribution in [0.25, 0.3) is 0 Å². The fourth-order valence-corrected chi connectivity index (χ4v) is 3.03. The summed E-state index contributed by atoms with van der Waals surface area (Å²) < 4.78 is 0. The number of nitrogens with one attached hydrogen (secondary N) is 1. The van der Waals surface area contributed by atoms with Gasteiger partial charge in [-0.15, -0.1) is 11.8 Å². The molecule has 0 saturated carbocycles. The Hall–Kier alpha value is -1.36. The number of pyridine rings is 1. The lowest BCUT2D eigenvalue weighted by Crippen LogP contribution is -2.30. The molecule has 0 bridgehead atoms. The number of aromatic nitrogens is 1. The molecule has 3 N–H and O–H groups in total. The zero-order chi connectivity index (χ0) is 13.7. The molecule has 0 fully saturated rings. The lowest BCUT2D eigenvalue weighted by atomic mass is 10.1. The second kappa shape index (κ2) is 6.70. The van der Waals surface area contributed by atoms with Gasteiger partial charge >= 0.3 is 0 Å². The summed E-state index contributed by atoms with van der Waals surface area (Å²) in [7, 11) is 0. The highest BCUT2D eigenvalue weighted by Gasteiger charge is 2.12. The van der Waals surface area contributed by atoms with Crippen LogP contribution < -0.4 is 11.3 Å². The summed E-state index contributed by atoms with van der Waals surface area (Å²) in [6.07, 6.45) is 3.69.